The van der Waals surface area contributed by atoms with Gasteiger partial charge >= 0.3 is 0 Å². The summed E-state index contributed by atoms with van der Waals surface area (Å²) in [5, 5.41) is 9.62. The minimum atomic E-state index is -1.86. The molecule has 32 heavy (non-hydrogen) atoms. The molecule has 1 aromatic rings. The predicted molar refractivity (Wildman–Crippen MR) is 140 cm³/mol. The van der Waals surface area contributed by atoms with Gasteiger partial charge in [0, 0.05) is 6.61 Å². The zero-order chi connectivity index (χ0) is 24.4. The van der Waals surface area contributed by atoms with E-state index in [0.717, 1.165) is 31.4 Å². The molecular weight excluding hydrogens is 412 g/mol. The van der Waals surface area contributed by atoms with E-state index < -0.39 is 8.32 Å². The number of hydrogen-bond donors (Lipinski definition) is 1. The van der Waals surface area contributed by atoms with Gasteiger partial charge < -0.3 is 14.3 Å². The molecule has 1 aromatic carbocycles. The number of aliphatic hydroxyl groups excluding tert-OH is 1. The van der Waals surface area contributed by atoms with Crippen molar-refractivity contribution in [2.45, 2.75) is 98.6 Å². The van der Waals surface area contributed by atoms with Crippen molar-refractivity contribution in [2.75, 3.05) is 13.2 Å². The van der Waals surface area contributed by atoms with Gasteiger partial charge in [-0.1, -0.05) is 83.5 Å². The lowest BCUT2D eigenvalue weighted by Gasteiger charge is -2.41. The van der Waals surface area contributed by atoms with E-state index in [1.54, 1.807) is 0 Å². The van der Waals surface area contributed by atoms with Crippen LogP contribution in [0, 0.1) is 17.8 Å². The van der Waals surface area contributed by atoms with E-state index in [2.05, 4.69) is 85.0 Å². The fourth-order valence-corrected chi connectivity index (χ4v) is 5.36. The number of aliphatic hydroxyl groups is 1. The zero-order valence-corrected chi connectivity index (χ0v) is 23.3. The van der Waals surface area contributed by atoms with Gasteiger partial charge in [0.1, 0.15) is 0 Å². The summed E-state index contributed by atoms with van der Waals surface area (Å²) in [6.45, 7) is 22.2. The van der Waals surface area contributed by atoms with Crippen LogP contribution in [0.2, 0.25) is 18.1 Å². The molecule has 0 radical (unpaired) electrons. The highest BCUT2D eigenvalue weighted by molar-refractivity contribution is 6.74. The fourth-order valence-electron chi connectivity index (χ4n) is 3.92. The highest BCUT2D eigenvalue weighted by atomic mass is 28.4. The van der Waals surface area contributed by atoms with Crippen LogP contribution in [0.1, 0.15) is 73.3 Å². The molecule has 1 N–H and O–H groups in total. The van der Waals surface area contributed by atoms with E-state index >= 15 is 0 Å². The Labute approximate surface area is 199 Å². The summed E-state index contributed by atoms with van der Waals surface area (Å²) in [5.41, 5.74) is 2.26. The maximum absolute atomic E-state index is 9.42. The van der Waals surface area contributed by atoms with Gasteiger partial charge in [-0.15, -0.1) is 0 Å². The summed E-state index contributed by atoms with van der Waals surface area (Å²) in [6, 6.07) is 10.4. The molecule has 4 atom stereocenters. The molecule has 0 heterocycles. The van der Waals surface area contributed by atoms with Gasteiger partial charge in [-0.2, -0.15) is 0 Å². The quantitative estimate of drug-likeness (QED) is 0.228. The molecule has 0 aliphatic carbocycles. The molecule has 0 amide bonds. The van der Waals surface area contributed by atoms with Crippen molar-refractivity contribution in [3.05, 3.63) is 47.5 Å². The Morgan fingerprint density at radius 1 is 1.03 bits per heavy atom. The summed E-state index contributed by atoms with van der Waals surface area (Å²) < 4.78 is 12.8. The summed E-state index contributed by atoms with van der Waals surface area (Å²) >= 11 is 0. The Bertz CT molecular complexity index is 663. The normalized spacial score (nSPS) is 17.1. The van der Waals surface area contributed by atoms with E-state index in [-0.39, 0.29) is 17.7 Å². The van der Waals surface area contributed by atoms with Crippen molar-refractivity contribution in [3.63, 3.8) is 0 Å². The van der Waals surface area contributed by atoms with E-state index in [9.17, 15) is 5.11 Å². The molecule has 0 spiro atoms. The van der Waals surface area contributed by atoms with E-state index in [0.29, 0.717) is 24.4 Å². The molecule has 0 saturated carbocycles. The number of ether oxygens (including phenoxy) is 1. The van der Waals surface area contributed by atoms with Crippen LogP contribution in [0.15, 0.2) is 42.0 Å². The molecule has 4 heteroatoms. The van der Waals surface area contributed by atoms with E-state index in [4.69, 9.17) is 9.16 Å². The first-order valence-corrected chi connectivity index (χ1v) is 15.3. The van der Waals surface area contributed by atoms with E-state index in [1.165, 1.54) is 5.56 Å². The third-order valence-corrected chi connectivity index (χ3v) is 11.4. The van der Waals surface area contributed by atoms with Crippen LogP contribution < -0.4 is 0 Å². The Morgan fingerprint density at radius 3 is 2.22 bits per heavy atom. The van der Waals surface area contributed by atoms with Gasteiger partial charge in [-0.3, -0.25) is 0 Å². The standard InChI is InChI=1S/C28H50O3Si/c1-22(19-29)15-16-27(31-32(8,9)28(5,6)7)25(4)18-23(2)17-24(3)20-30-21-26-13-11-10-12-14-26/h10-15,23-25,27,29H,16-21H2,1-9H3/b22-15+/t23-,24+,25-,27+/m1/s1. The first-order valence-electron chi connectivity index (χ1n) is 12.4. The summed E-state index contributed by atoms with van der Waals surface area (Å²) in [5.74, 6) is 1.63. The second-order valence-corrected chi connectivity index (χ2v) is 16.3. The monoisotopic (exact) mass is 462 g/mol. The number of benzene rings is 1. The average Bonchev–Trinajstić information content (AvgIpc) is 2.70. The van der Waals surface area contributed by atoms with Gasteiger partial charge in [-0.05, 0) is 67.6 Å². The molecule has 3 nitrogen and oxygen atoms in total. The van der Waals surface area contributed by atoms with Gasteiger partial charge in [0.15, 0.2) is 8.32 Å². The lowest BCUT2D eigenvalue weighted by molar-refractivity contribution is 0.0777. The third kappa shape index (κ3) is 10.8. The summed E-state index contributed by atoms with van der Waals surface area (Å²) in [4.78, 5) is 0. The van der Waals surface area contributed by atoms with Gasteiger partial charge in [-0.25, -0.2) is 0 Å². The van der Waals surface area contributed by atoms with Crippen LogP contribution in [0.3, 0.4) is 0 Å². The molecule has 0 fully saturated rings. The van der Waals surface area contributed by atoms with Crippen molar-refractivity contribution in [1.29, 1.82) is 0 Å². The smallest absolute Gasteiger partial charge is 0.192 e. The number of rotatable bonds is 14. The lowest BCUT2D eigenvalue weighted by Crippen LogP contribution is -2.45. The maximum atomic E-state index is 9.42. The predicted octanol–water partition coefficient (Wildman–Crippen LogP) is 7.61. The van der Waals surface area contributed by atoms with Crippen LogP contribution in [-0.2, 0) is 15.8 Å². The topological polar surface area (TPSA) is 38.7 Å². The van der Waals surface area contributed by atoms with Crippen LogP contribution in [0.25, 0.3) is 0 Å². The fraction of sp³-hybridized carbons (Fsp3) is 0.714. The molecule has 0 saturated heterocycles. The highest BCUT2D eigenvalue weighted by Crippen LogP contribution is 2.39. The Hall–Kier alpha value is -0.943. The second kappa shape index (κ2) is 13.7. The van der Waals surface area contributed by atoms with Gasteiger partial charge in [0.25, 0.3) is 0 Å². The van der Waals surface area contributed by atoms with Crippen LogP contribution in [-0.4, -0.2) is 32.7 Å². The third-order valence-electron chi connectivity index (χ3n) is 6.93. The molecule has 0 aromatic heterocycles. The Kier molecular flexibility index (Phi) is 12.4. The van der Waals surface area contributed by atoms with Crippen molar-refractivity contribution < 1.29 is 14.3 Å². The molecule has 1 rings (SSSR count). The first-order chi connectivity index (χ1) is 14.9. The molecular formula is C28H50O3Si. The van der Waals surface area contributed by atoms with Crippen LogP contribution in [0.5, 0.6) is 0 Å². The van der Waals surface area contributed by atoms with Crippen LogP contribution in [0.4, 0.5) is 0 Å². The summed E-state index contributed by atoms with van der Waals surface area (Å²) in [7, 11) is -1.86. The second-order valence-electron chi connectivity index (χ2n) is 11.5. The average molecular weight is 463 g/mol. The Balaban J connectivity index is 2.62. The minimum Gasteiger partial charge on any atom is -0.413 e. The summed E-state index contributed by atoms with van der Waals surface area (Å²) in [6.07, 6.45) is 5.55. The van der Waals surface area contributed by atoms with Crippen LogP contribution >= 0.6 is 0 Å². The lowest BCUT2D eigenvalue weighted by atomic mass is 9.86. The SMILES string of the molecule is C/C(=C\C[C@H](O[Si](C)(C)C(C)(C)C)[C@H](C)C[C@H](C)C[C@H](C)COCc1ccccc1)CO. The minimum absolute atomic E-state index is 0.123. The largest absolute Gasteiger partial charge is 0.413 e. The maximum Gasteiger partial charge on any atom is 0.192 e. The van der Waals surface area contributed by atoms with Crippen molar-refractivity contribution in [1.82, 2.24) is 0 Å². The van der Waals surface area contributed by atoms with Crippen molar-refractivity contribution >= 4 is 8.32 Å². The highest BCUT2D eigenvalue weighted by Gasteiger charge is 2.40. The zero-order valence-electron chi connectivity index (χ0n) is 22.3. The molecule has 0 aliphatic heterocycles. The van der Waals surface area contributed by atoms with Gasteiger partial charge in [0.05, 0.1) is 19.3 Å². The Morgan fingerprint density at radius 2 is 1.66 bits per heavy atom. The molecule has 184 valence electrons. The van der Waals surface area contributed by atoms with E-state index in [1.807, 2.05) is 13.0 Å². The molecule has 0 bridgehead atoms. The number of hydrogen-bond acceptors (Lipinski definition) is 3. The van der Waals surface area contributed by atoms with Gasteiger partial charge in [0.2, 0.25) is 0 Å². The molecule has 0 unspecified atom stereocenters. The first kappa shape index (κ1) is 29.1. The molecule has 0 aliphatic rings. The van der Waals surface area contributed by atoms with Crippen molar-refractivity contribution in [3.8, 4) is 0 Å². The van der Waals surface area contributed by atoms with Crippen molar-refractivity contribution in [2.24, 2.45) is 17.8 Å².